The van der Waals surface area contributed by atoms with Gasteiger partial charge in [-0.05, 0) is 26.0 Å². The summed E-state index contributed by atoms with van der Waals surface area (Å²) in [5.74, 6) is -0.801. The number of methoxy groups -OCH3 is 2. The van der Waals surface area contributed by atoms with Crippen molar-refractivity contribution in [3.05, 3.63) is 52.8 Å². The monoisotopic (exact) mass is 555 g/mol. The summed E-state index contributed by atoms with van der Waals surface area (Å²) in [6.07, 6.45) is 2.99. The molecule has 2 N–H and O–H groups in total. The predicted octanol–water partition coefficient (Wildman–Crippen LogP) is 2.76. The maximum Gasteiger partial charge on any atom is 0.379 e. The molecular weight excluding hydrogens is 530 g/mol. The van der Waals surface area contributed by atoms with Crippen molar-refractivity contribution in [2.24, 2.45) is 0 Å². The minimum absolute atomic E-state index is 0.0173. The van der Waals surface area contributed by atoms with Crippen LogP contribution in [0.4, 0.5) is 10.9 Å². The fraction of sp³-hybridized carbons (Fsp3) is 0.292. The van der Waals surface area contributed by atoms with Crippen LogP contribution in [0.15, 0.2) is 45.9 Å². The molecule has 15 heteroatoms. The Morgan fingerprint density at radius 2 is 1.95 bits per heavy atom. The molecule has 0 unspecified atom stereocenters. The zero-order chi connectivity index (χ0) is 28.2. The van der Waals surface area contributed by atoms with Gasteiger partial charge in [-0.2, -0.15) is 9.78 Å². The van der Waals surface area contributed by atoms with E-state index < -0.39 is 17.1 Å². The van der Waals surface area contributed by atoms with E-state index in [0.29, 0.717) is 11.6 Å². The molecule has 0 aliphatic rings. The number of hydrogen-bond donors (Lipinski definition) is 2. The maximum absolute atomic E-state index is 13.1. The molecule has 39 heavy (non-hydrogen) atoms. The van der Waals surface area contributed by atoms with Crippen LogP contribution in [0.1, 0.15) is 31.3 Å². The number of nitrogens with zero attached hydrogens (tertiary/aromatic N) is 5. The predicted molar refractivity (Wildman–Crippen MR) is 141 cm³/mol. The van der Waals surface area contributed by atoms with Gasteiger partial charge in [-0.1, -0.05) is 11.3 Å². The molecule has 0 aliphatic heterocycles. The van der Waals surface area contributed by atoms with Crippen molar-refractivity contribution >= 4 is 34.1 Å². The van der Waals surface area contributed by atoms with Gasteiger partial charge >= 0.3 is 5.63 Å². The number of aromatic nitrogens is 5. The van der Waals surface area contributed by atoms with Crippen LogP contribution < -0.4 is 25.7 Å². The number of carbonyl (C=O) groups excluding carboxylic acids is 2. The first kappa shape index (κ1) is 27.4. The summed E-state index contributed by atoms with van der Waals surface area (Å²) in [7, 11) is 2.98. The molecule has 0 atom stereocenters. The molecule has 4 rings (SSSR count). The molecule has 0 bridgehead atoms. The highest BCUT2D eigenvalue weighted by atomic mass is 32.1. The van der Waals surface area contributed by atoms with Gasteiger partial charge in [-0.25, -0.2) is 4.79 Å². The molecule has 0 saturated carbocycles. The van der Waals surface area contributed by atoms with Crippen LogP contribution in [0.3, 0.4) is 0 Å². The van der Waals surface area contributed by atoms with Crippen molar-refractivity contribution in [2.45, 2.75) is 26.4 Å². The van der Waals surface area contributed by atoms with E-state index in [2.05, 4.69) is 30.9 Å². The van der Waals surface area contributed by atoms with Crippen molar-refractivity contribution in [1.29, 1.82) is 0 Å². The lowest BCUT2D eigenvalue weighted by Gasteiger charge is -2.23. The first-order chi connectivity index (χ1) is 18.6. The molecule has 4 heterocycles. The number of rotatable bonds is 10. The Labute approximate surface area is 225 Å². The van der Waals surface area contributed by atoms with Crippen molar-refractivity contribution in [2.75, 3.05) is 31.5 Å². The molecular formula is C24H25N7O7S. The lowest BCUT2D eigenvalue weighted by Crippen LogP contribution is -2.32. The van der Waals surface area contributed by atoms with Gasteiger partial charge < -0.3 is 23.9 Å². The van der Waals surface area contributed by atoms with Gasteiger partial charge in [-0.15, -0.1) is 10.2 Å². The van der Waals surface area contributed by atoms with Crippen LogP contribution in [0.25, 0.3) is 16.4 Å². The van der Waals surface area contributed by atoms with Crippen LogP contribution in [0, 0.1) is 0 Å². The van der Waals surface area contributed by atoms with Gasteiger partial charge in [0, 0.05) is 32.4 Å². The van der Waals surface area contributed by atoms with Crippen LogP contribution in [0.2, 0.25) is 0 Å². The summed E-state index contributed by atoms with van der Waals surface area (Å²) in [5, 5.41) is 17.6. The molecule has 204 valence electrons. The Bertz CT molecular complexity index is 1560. The highest BCUT2D eigenvalue weighted by Crippen LogP contribution is 2.34. The summed E-state index contributed by atoms with van der Waals surface area (Å²) < 4.78 is 23.2. The van der Waals surface area contributed by atoms with E-state index >= 15 is 0 Å². The molecule has 0 radical (unpaired) electrons. The van der Waals surface area contributed by atoms with E-state index in [1.807, 2.05) is 0 Å². The fourth-order valence-electron chi connectivity index (χ4n) is 3.21. The van der Waals surface area contributed by atoms with Crippen LogP contribution >= 0.6 is 11.3 Å². The van der Waals surface area contributed by atoms with E-state index in [4.69, 9.17) is 18.6 Å². The van der Waals surface area contributed by atoms with E-state index in [-0.39, 0.29) is 45.5 Å². The second-order valence-corrected chi connectivity index (χ2v) is 9.56. The van der Waals surface area contributed by atoms with Gasteiger partial charge in [0.05, 0.1) is 24.5 Å². The minimum atomic E-state index is -0.897. The second kappa shape index (κ2) is 11.4. The number of carbonyl (C=O) groups is 2. The molecule has 0 aliphatic carbocycles. The van der Waals surface area contributed by atoms with Gasteiger partial charge in [0.1, 0.15) is 23.9 Å². The quantitative estimate of drug-likeness (QED) is 0.295. The van der Waals surface area contributed by atoms with Gasteiger partial charge in [-0.3, -0.25) is 19.9 Å². The Morgan fingerprint density at radius 3 is 2.67 bits per heavy atom. The number of nitrogens with one attached hydrogen (secondary N) is 2. The third kappa shape index (κ3) is 6.27. The Morgan fingerprint density at radius 1 is 1.15 bits per heavy atom. The van der Waals surface area contributed by atoms with E-state index in [9.17, 15) is 14.4 Å². The second-order valence-electron chi connectivity index (χ2n) is 8.60. The number of amides is 2. The highest BCUT2D eigenvalue weighted by molar-refractivity contribution is 7.17. The lowest BCUT2D eigenvalue weighted by atomic mass is 10.1. The summed E-state index contributed by atoms with van der Waals surface area (Å²) in [4.78, 5) is 41.9. The number of hydrogen-bond acceptors (Lipinski definition) is 12. The first-order valence-electron chi connectivity index (χ1n) is 11.4. The van der Waals surface area contributed by atoms with E-state index in [1.165, 1.54) is 44.3 Å². The molecule has 0 spiro atoms. The van der Waals surface area contributed by atoms with Crippen molar-refractivity contribution in [3.63, 3.8) is 0 Å². The number of ether oxygens (including phenoxy) is 3. The largest absolute Gasteiger partial charge is 0.494 e. The van der Waals surface area contributed by atoms with Crippen molar-refractivity contribution < 1.29 is 28.2 Å². The number of pyridine rings is 1. The van der Waals surface area contributed by atoms with E-state index in [0.717, 1.165) is 11.3 Å². The minimum Gasteiger partial charge on any atom is -0.494 e. The third-order valence-electron chi connectivity index (χ3n) is 5.26. The summed E-state index contributed by atoms with van der Waals surface area (Å²) >= 11 is 0.986. The molecule has 14 nitrogen and oxygen atoms in total. The Hall–Kier alpha value is -4.63. The number of anilines is 2. The fourth-order valence-corrected chi connectivity index (χ4v) is 3.92. The zero-order valence-electron chi connectivity index (χ0n) is 21.7. The van der Waals surface area contributed by atoms with Crippen LogP contribution in [0.5, 0.6) is 11.5 Å². The van der Waals surface area contributed by atoms with Crippen molar-refractivity contribution in [3.8, 4) is 27.9 Å². The van der Waals surface area contributed by atoms with Crippen molar-refractivity contribution in [1.82, 2.24) is 25.0 Å². The summed E-state index contributed by atoms with van der Waals surface area (Å²) in [5.41, 5.74) is -1.14. The standard InChI is InChI=1S/C24H25N7O7S/c1-13(32)27-17-8-10-26-31(17)23-30-29-22(39-23)28-20(33)16-11-14(18-15(35-4)7-6-9-25-18)19(21(34)38-16)37-12-24(2,3)36-5/h6-11H,12H2,1-5H3,(H,27,32)(H,28,29,33). The highest BCUT2D eigenvalue weighted by Gasteiger charge is 2.26. The van der Waals surface area contributed by atoms with Gasteiger partial charge in [0.2, 0.25) is 21.9 Å². The Kier molecular flexibility index (Phi) is 8.01. The average Bonchev–Trinajstić information content (AvgIpc) is 3.56. The molecule has 0 saturated heterocycles. The summed E-state index contributed by atoms with van der Waals surface area (Å²) in [6, 6.07) is 6.24. The topological polar surface area (TPSA) is 173 Å². The molecule has 0 aromatic carbocycles. The van der Waals surface area contributed by atoms with Gasteiger partial charge in [0.25, 0.3) is 5.91 Å². The smallest absolute Gasteiger partial charge is 0.379 e. The maximum atomic E-state index is 13.1. The molecule has 4 aromatic rings. The van der Waals surface area contributed by atoms with Crippen LogP contribution in [-0.4, -0.2) is 63.2 Å². The SMILES string of the molecule is COc1cccnc1-c1cc(C(=O)Nc2nnc(-n3nccc3NC(C)=O)s2)oc(=O)c1OCC(C)(C)OC. The van der Waals surface area contributed by atoms with Gasteiger partial charge in [0.15, 0.2) is 5.76 Å². The molecule has 0 fully saturated rings. The summed E-state index contributed by atoms with van der Waals surface area (Å²) in [6.45, 7) is 4.95. The Balaban J connectivity index is 1.66. The first-order valence-corrected chi connectivity index (χ1v) is 12.3. The molecule has 4 aromatic heterocycles. The third-order valence-corrected chi connectivity index (χ3v) is 6.07. The average molecular weight is 556 g/mol. The van der Waals surface area contributed by atoms with E-state index in [1.54, 1.807) is 32.0 Å². The normalized spacial score (nSPS) is 11.2. The molecule has 2 amide bonds. The lowest BCUT2D eigenvalue weighted by molar-refractivity contribution is -0.114. The van der Waals surface area contributed by atoms with Crippen LogP contribution in [-0.2, 0) is 9.53 Å². The zero-order valence-corrected chi connectivity index (χ0v) is 22.5.